The molecular formula is C8H10O7. The van der Waals surface area contributed by atoms with Gasteiger partial charge in [-0.1, -0.05) is 6.92 Å². The number of hydrogen-bond acceptors (Lipinski definition) is 4. The van der Waals surface area contributed by atoms with Crippen molar-refractivity contribution in [1.82, 2.24) is 0 Å². The molecule has 1 unspecified atom stereocenters. The zero-order valence-electron chi connectivity index (χ0n) is 7.84. The first kappa shape index (κ1) is 13.1. The number of hydrogen-bond donors (Lipinski definition) is 3. The highest BCUT2D eigenvalue weighted by atomic mass is 16.4. The Balaban J connectivity index is 5.61. The van der Waals surface area contributed by atoms with E-state index in [1.165, 1.54) is 6.92 Å². The minimum atomic E-state index is -2.92. The van der Waals surface area contributed by atoms with Gasteiger partial charge in [0, 0.05) is 0 Å². The number of rotatable bonds is 6. The highest BCUT2D eigenvalue weighted by molar-refractivity contribution is 6.15. The fraction of sp³-hybridized carbons (Fsp3) is 0.500. The molecule has 7 heteroatoms. The number of carboxylic acids is 3. The van der Waals surface area contributed by atoms with E-state index in [4.69, 9.17) is 15.3 Å². The topological polar surface area (TPSA) is 129 Å². The predicted molar refractivity (Wildman–Crippen MR) is 45.2 cm³/mol. The van der Waals surface area contributed by atoms with Crippen molar-refractivity contribution >= 4 is 24.2 Å². The summed E-state index contributed by atoms with van der Waals surface area (Å²) in [6, 6.07) is 0. The summed E-state index contributed by atoms with van der Waals surface area (Å²) in [4.78, 5) is 42.7. The Bertz CT molecular complexity index is 292. The van der Waals surface area contributed by atoms with Crippen LogP contribution < -0.4 is 0 Å². The summed E-state index contributed by atoms with van der Waals surface area (Å²) in [6.07, 6.45) is -0.618. The van der Waals surface area contributed by atoms with Crippen LogP contribution in [0.25, 0.3) is 0 Å². The summed E-state index contributed by atoms with van der Waals surface area (Å²) >= 11 is 0. The standard InChI is InChI=1S/C8H10O7/c1-2-4(5(10)11)8(3-9,6(12)13)7(14)15/h3-4H,2H2,1H3,(H,10,11)(H,12,13)(H,14,15). The second-order valence-electron chi connectivity index (χ2n) is 2.90. The summed E-state index contributed by atoms with van der Waals surface area (Å²) in [7, 11) is 0. The number of carbonyl (C=O) groups is 4. The maximum atomic E-state index is 10.7. The molecule has 0 aromatic heterocycles. The van der Waals surface area contributed by atoms with Crippen molar-refractivity contribution in [1.29, 1.82) is 0 Å². The minimum Gasteiger partial charge on any atom is -0.481 e. The van der Waals surface area contributed by atoms with Gasteiger partial charge in [-0.15, -0.1) is 0 Å². The Kier molecular flexibility index (Phi) is 3.96. The molecule has 0 aliphatic rings. The molecule has 1 atom stereocenters. The molecule has 0 aromatic carbocycles. The van der Waals surface area contributed by atoms with E-state index in [0.717, 1.165) is 0 Å². The summed E-state index contributed by atoms with van der Waals surface area (Å²) in [5, 5.41) is 26.0. The van der Waals surface area contributed by atoms with Gasteiger partial charge in [-0.3, -0.25) is 14.4 Å². The van der Waals surface area contributed by atoms with Gasteiger partial charge < -0.3 is 20.1 Å². The van der Waals surface area contributed by atoms with Gasteiger partial charge in [0.15, 0.2) is 0 Å². The Hall–Kier alpha value is -1.92. The van der Waals surface area contributed by atoms with Gasteiger partial charge in [-0.05, 0) is 6.42 Å². The third-order valence-corrected chi connectivity index (χ3v) is 2.15. The lowest BCUT2D eigenvalue weighted by Crippen LogP contribution is -2.50. The van der Waals surface area contributed by atoms with Crippen molar-refractivity contribution in [3.05, 3.63) is 0 Å². The summed E-state index contributed by atoms with van der Waals surface area (Å²) in [6.45, 7) is 1.29. The third kappa shape index (κ3) is 1.95. The molecule has 0 fully saturated rings. The molecule has 0 aromatic rings. The molecule has 0 radical (unpaired) electrons. The predicted octanol–water partition coefficient (Wildman–Crippen LogP) is -0.548. The van der Waals surface area contributed by atoms with Crippen LogP contribution in [0.1, 0.15) is 13.3 Å². The molecule has 0 saturated heterocycles. The van der Waals surface area contributed by atoms with Crippen molar-refractivity contribution < 1.29 is 34.5 Å². The number of carboxylic acid groups (broad SMARTS) is 3. The lowest BCUT2D eigenvalue weighted by Gasteiger charge is -2.24. The number of aliphatic carboxylic acids is 3. The van der Waals surface area contributed by atoms with Crippen LogP contribution >= 0.6 is 0 Å². The lowest BCUT2D eigenvalue weighted by atomic mass is 9.75. The molecule has 0 spiro atoms. The molecule has 15 heavy (non-hydrogen) atoms. The average molecular weight is 218 g/mol. The fourth-order valence-electron chi connectivity index (χ4n) is 1.26. The van der Waals surface area contributed by atoms with Crippen LogP contribution in [0.15, 0.2) is 0 Å². The normalized spacial score (nSPS) is 12.9. The first-order valence-corrected chi connectivity index (χ1v) is 4.00. The van der Waals surface area contributed by atoms with Crippen molar-refractivity contribution in [2.45, 2.75) is 13.3 Å². The maximum absolute atomic E-state index is 10.7. The Morgan fingerprint density at radius 1 is 1.20 bits per heavy atom. The Labute approximate surface area is 84.3 Å². The van der Waals surface area contributed by atoms with E-state index in [9.17, 15) is 19.2 Å². The van der Waals surface area contributed by atoms with Crippen molar-refractivity contribution in [2.75, 3.05) is 0 Å². The van der Waals surface area contributed by atoms with Gasteiger partial charge in [0.25, 0.3) is 0 Å². The number of aldehydes is 1. The van der Waals surface area contributed by atoms with E-state index in [1.807, 2.05) is 0 Å². The SMILES string of the molecule is CCC(C(=O)O)C(C=O)(C(=O)O)C(=O)O. The van der Waals surface area contributed by atoms with Gasteiger partial charge >= 0.3 is 17.9 Å². The van der Waals surface area contributed by atoms with Gasteiger partial charge in [0.05, 0.1) is 5.92 Å². The summed E-state index contributed by atoms with van der Waals surface area (Å²) in [5.74, 6) is -7.36. The van der Waals surface area contributed by atoms with Crippen molar-refractivity contribution in [2.24, 2.45) is 11.3 Å². The molecule has 0 aliphatic carbocycles. The molecule has 0 heterocycles. The summed E-state index contributed by atoms with van der Waals surface area (Å²) in [5.41, 5.74) is -2.92. The quantitative estimate of drug-likeness (QED) is 0.403. The van der Waals surface area contributed by atoms with Crippen LogP contribution in [-0.4, -0.2) is 39.5 Å². The van der Waals surface area contributed by atoms with Gasteiger partial charge in [0.1, 0.15) is 6.29 Å². The first-order valence-electron chi connectivity index (χ1n) is 4.00. The molecule has 3 N–H and O–H groups in total. The number of carbonyl (C=O) groups excluding carboxylic acids is 1. The van der Waals surface area contributed by atoms with E-state index < -0.39 is 29.2 Å². The average Bonchev–Trinajstić information content (AvgIpc) is 2.11. The molecule has 0 bridgehead atoms. The van der Waals surface area contributed by atoms with Crippen molar-refractivity contribution in [3.63, 3.8) is 0 Å². The highest BCUT2D eigenvalue weighted by Gasteiger charge is 2.56. The second-order valence-corrected chi connectivity index (χ2v) is 2.90. The zero-order chi connectivity index (χ0) is 12.2. The molecule has 0 saturated carbocycles. The van der Waals surface area contributed by atoms with Crippen LogP contribution in [0.3, 0.4) is 0 Å². The van der Waals surface area contributed by atoms with Crippen LogP contribution in [0.2, 0.25) is 0 Å². The second kappa shape index (κ2) is 4.54. The van der Waals surface area contributed by atoms with Crippen molar-refractivity contribution in [3.8, 4) is 0 Å². The minimum absolute atomic E-state index is 0.271. The molecular weight excluding hydrogens is 208 g/mol. The maximum Gasteiger partial charge on any atom is 0.329 e. The van der Waals surface area contributed by atoms with E-state index in [2.05, 4.69) is 0 Å². The van der Waals surface area contributed by atoms with E-state index >= 15 is 0 Å². The molecule has 84 valence electrons. The monoisotopic (exact) mass is 218 g/mol. The van der Waals surface area contributed by atoms with E-state index in [1.54, 1.807) is 0 Å². The van der Waals surface area contributed by atoms with Gasteiger partial charge in [-0.25, -0.2) is 0 Å². The molecule has 0 rings (SSSR count). The summed E-state index contributed by atoms with van der Waals surface area (Å²) < 4.78 is 0. The van der Waals surface area contributed by atoms with Crippen LogP contribution in [0.4, 0.5) is 0 Å². The zero-order valence-corrected chi connectivity index (χ0v) is 7.84. The molecule has 0 aliphatic heterocycles. The van der Waals surface area contributed by atoms with E-state index in [-0.39, 0.29) is 12.7 Å². The van der Waals surface area contributed by atoms with Gasteiger partial charge in [0.2, 0.25) is 5.41 Å². The first-order chi connectivity index (χ1) is 6.84. The van der Waals surface area contributed by atoms with Crippen LogP contribution in [-0.2, 0) is 19.2 Å². The smallest absolute Gasteiger partial charge is 0.329 e. The van der Waals surface area contributed by atoms with E-state index in [0.29, 0.717) is 0 Å². The third-order valence-electron chi connectivity index (χ3n) is 2.15. The lowest BCUT2D eigenvalue weighted by molar-refractivity contribution is -0.176. The van der Waals surface area contributed by atoms with Crippen LogP contribution in [0.5, 0.6) is 0 Å². The Morgan fingerprint density at radius 2 is 1.60 bits per heavy atom. The molecule has 0 amide bonds. The Morgan fingerprint density at radius 3 is 1.67 bits per heavy atom. The van der Waals surface area contributed by atoms with Crippen LogP contribution in [0, 0.1) is 11.3 Å². The largest absolute Gasteiger partial charge is 0.481 e. The molecule has 7 nitrogen and oxygen atoms in total. The fourth-order valence-corrected chi connectivity index (χ4v) is 1.26. The van der Waals surface area contributed by atoms with Gasteiger partial charge in [-0.2, -0.15) is 0 Å². The highest BCUT2D eigenvalue weighted by Crippen LogP contribution is 2.29.